The topological polar surface area (TPSA) is 59.6 Å². The first kappa shape index (κ1) is 20.3. The second-order valence-electron chi connectivity index (χ2n) is 6.18. The smallest absolute Gasteiger partial charge is 0.258 e. The van der Waals surface area contributed by atoms with Crippen molar-refractivity contribution in [2.24, 2.45) is 0 Å². The molecule has 5 nitrogen and oxygen atoms in total. The molecule has 2 rings (SSSR count). The van der Waals surface area contributed by atoms with Gasteiger partial charge in [-0.3, -0.25) is 4.79 Å². The molecule has 2 N–H and O–H groups in total. The lowest BCUT2D eigenvalue weighted by Gasteiger charge is -2.15. The predicted molar refractivity (Wildman–Crippen MR) is 106 cm³/mol. The van der Waals surface area contributed by atoms with Gasteiger partial charge < -0.3 is 20.1 Å². The van der Waals surface area contributed by atoms with Gasteiger partial charge in [0.05, 0.1) is 7.11 Å². The average Bonchev–Trinajstić information content (AvgIpc) is 2.64. The molecule has 0 unspecified atom stereocenters. The maximum atomic E-state index is 12.0. The molecule has 2 aromatic rings. The van der Waals surface area contributed by atoms with Crippen LogP contribution in [0.25, 0.3) is 0 Å². The number of carbonyl (C=O) groups is 1. The number of hydrogen-bond donors (Lipinski definition) is 2. The van der Waals surface area contributed by atoms with Crippen LogP contribution in [0.3, 0.4) is 0 Å². The molecule has 0 atom stereocenters. The quantitative estimate of drug-likeness (QED) is 0.649. The van der Waals surface area contributed by atoms with Crippen LogP contribution in [-0.4, -0.2) is 25.7 Å². The lowest BCUT2D eigenvalue weighted by Crippen LogP contribution is -2.28. The monoisotopic (exact) mass is 420 g/mol. The lowest BCUT2D eigenvalue weighted by atomic mass is 10.2. The Balaban J connectivity index is 1.93. The molecule has 0 saturated heterocycles. The second-order valence-corrected chi connectivity index (χ2v) is 7.04. The maximum Gasteiger partial charge on any atom is 0.258 e. The van der Waals surface area contributed by atoms with Crippen LogP contribution in [0, 0.1) is 0 Å². The summed E-state index contributed by atoms with van der Waals surface area (Å²) in [6.07, 6.45) is 0. The second kappa shape index (κ2) is 10.2. The number of nitrogens with one attached hydrogen (secondary N) is 2. The van der Waals surface area contributed by atoms with E-state index in [0.29, 0.717) is 30.6 Å². The third kappa shape index (κ3) is 6.35. The Bertz CT molecular complexity index is 720. The van der Waals surface area contributed by atoms with E-state index in [1.807, 2.05) is 42.5 Å². The summed E-state index contributed by atoms with van der Waals surface area (Å²) < 4.78 is 12.0. The molecule has 0 radical (unpaired) electrons. The molecule has 0 spiro atoms. The van der Waals surface area contributed by atoms with Crippen LogP contribution in [0.1, 0.15) is 25.0 Å². The van der Waals surface area contributed by atoms with E-state index < -0.39 is 0 Å². The Hall–Kier alpha value is -2.05. The Morgan fingerprint density at radius 3 is 2.50 bits per heavy atom. The van der Waals surface area contributed by atoms with Gasteiger partial charge in [0.1, 0.15) is 0 Å². The summed E-state index contributed by atoms with van der Waals surface area (Å²) in [5.74, 6) is 0.949. The molecule has 0 aromatic heterocycles. The van der Waals surface area contributed by atoms with E-state index in [4.69, 9.17) is 9.47 Å². The zero-order valence-corrected chi connectivity index (χ0v) is 16.9. The van der Waals surface area contributed by atoms with E-state index in [1.165, 1.54) is 0 Å². The molecule has 6 heteroatoms. The largest absolute Gasteiger partial charge is 0.493 e. The van der Waals surface area contributed by atoms with Crippen LogP contribution in [0.4, 0.5) is 0 Å². The molecule has 0 bridgehead atoms. The highest BCUT2D eigenvalue weighted by atomic mass is 79.9. The van der Waals surface area contributed by atoms with Crippen molar-refractivity contribution >= 4 is 21.8 Å². The summed E-state index contributed by atoms with van der Waals surface area (Å²) in [6, 6.07) is 13.9. The van der Waals surface area contributed by atoms with Crippen molar-refractivity contribution < 1.29 is 14.3 Å². The summed E-state index contributed by atoms with van der Waals surface area (Å²) in [5.41, 5.74) is 2.11. The van der Waals surface area contributed by atoms with Crippen molar-refractivity contribution in [3.8, 4) is 11.5 Å². The highest BCUT2D eigenvalue weighted by molar-refractivity contribution is 9.10. The van der Waals surface area contributed by atoms with E-state index in [2.05, 4.69) is 40.4 Å². The fourth-order valence-electron chi connectivity index (χ4n) is 2.29. The van der Waals surface area contributed by atoms with Gasteiger partial charge in [-0.1, -0.05) is 60.1 Å². The number of rotatable bonds is 9. The molecule has 0 fully saturated rings. The molecule has 0 saturated carbocycles. The van der Waals surface area contributed by atoms with Gasteiger partial charge in [-0.15, -0.1) is 0 Å². The molecule has 140 valence electrons. The molecule has 0 aliphatic heterocycles. The van der Waals surface area contributed by atoms with Crippen molar-refractivity contribution in [3.63, 3.8) is 0 Å². The standard InChI is InChI=1S/C20H25BrN2O3/c1-14(2)22-12-16-9-18(25-3)19(10-17(16)21)26-13-20(24)23-11-15-7-5-4-6-8-15/h4-10,14,22H,11-13H2,1-3H3,(H,23,24). The van der Waals surface area contributed by atoms with Crippen LogP contribution in [0.5, 0.6) is 11.5 Å². The molecule has 26 heavy (non-hydrogen) atoms. The number of benzene rings is 2. The van der Waals surface area contributed by atoms with E-state index in [-0.39, 0.29) is 12.5 Å². The average molecular weight is 421 g/mol. The molecular weight excluding hydrogens is 396 g/mol. The molecular formula is C20H25BrN2O3. The molecule has 0 aliphatic rings. The first-order valence-corrected chi connectivity index (χ1v) is 9.32. The lowest BCUT2D eigenvalue weighted by molar-refractivity contribution is -0.123. The van der Waals surface area contributed by atoms with Crippen LogP contribution in [0.2, 0.25) is 0 Å². The van der Waals surface area contributed by atoms with Gasteiger partial charge in [-0.2, -0.15) is 0 Å². The number of ether oxygens (including phenoxy) is 2. The molecule has 0 aliphatic carbocycles. The van der Waals surface area contributed by atoms with Gasteiger partial charge in [0.2, 0.25) is 0 Å². The summed E-state index contributed by atoms with van der Waals surface area (Å²) >= 11 is 3.55. The first-order chi connectivity index (χ1) is 12.5. The van der Waals surface area contributed by atoms with Crippen molar-refractivity contribution in [3.05, 3.63) is 58.1 Å². The minimum absolute atomic E-state index is 0.0702. The highest BCUT2D eigenvalue weighted by Crippen LogP contribution is 2.33. The van der Waals surface area contributed by atoms with E-state index >= 15 is 0 Å². The van der Waals surface area contributed by atoms with E-state index in [1.54, 1.807) is 7.11 Å². The zero-order chi connectivity index (χ0) is 18.9. The van der Waals surface area contributed by atoms with Gasteiger partial charge in [0.15, 0.2) is 18.1 Å². The number of methoxy groups -OCH3 is 1. The summed E-state index contributed by atoms with van der Waals surface area (Å²) in [5, 5.41) is 6.20. The Kier molecular flexibility index (Phi) is 7.94. The van der Waals surface area contributed by atoms with Crippen molar-refractivity contribution in [1.82, 2.24) is 10.6 Å². The fraction of sp³-hybridized carbons (Fsp3) is 0.350. The zero-order valence-electron chi connectivity index (χ0n) is 15.3. The Morgan fingerprint density at radius 1 is 1.12 bits per heavy atom. The number of halogens is 1. The van der Waals surface area contributed by atoms with Crippen LogP contribution >= 0.6 is 15.9 Å². The minimum Gasteiger partial charge on any atom is -0.493 e. The first-order valence-electron chi connectivity index (χ1n) is 8.52. The normalized spacial score (nSPS) is 10.7. The SMILES string of the molecule is COc1cc(CNC(C)C)c(Br)cc1OCC(=O)NCc1ccccc1. The summed E-state index contributed by atoms with van der Waals surface area (Å²) in [7, 11) is 1.59. The van der Waals surface area contributed by atoms with Crippen LogP contribution in [0.15, 0.2) is 46.9 Å². The van der Waals surface area contributed by atoms with Gasteiger partial charge in [0.25, 0.3) is 5.91 Å². The highest BCUT2D eigenvalue weighted by Gasteiger charge is 2.12. The molecule has 1 amide bonds. The van der Waals surface area contributed by atoms with E-state index in [9.17, 15) is 4.79 Å². The van der Waals surface area contributed by atoms with Crippen molar-refractivity contribution in [2.75, 3.05) is 13.7 Å². The van der Waals surface area contributed by atoms with Crippen LogP contribution in [-0.2, 0) is 17.9 Å². The van der Waals surface area contributed by atoms with Crippen molar-refractivity contribution in [2.45, 2.75) is 33.0 Å². The minimum atomic E-state index is -0.183. The van der Waals surface area contributed by atoms with E-state index in [0.717, 1.165) is 15.6 Å². The van der Waals surface area contributed by atoms with Crippen molar-refractivity contribution in [1.29, 1.82) is 0 Å². The Morgan fingerprint density at radius 2 is 1.85 bits per heavy atom. The number of amides is 1. The third-order valence-electron chi connectivity index (χ3n) is 3.72. The molecule has 0 heterocycles. The van der Waals surface area contributed by atoms with Gasteiger partial charge in [-0.05, 0) is 23.3 Å². The summed E-state index contributed by atoms with van der Waals surface area (Å²) in [4.78, 5) is 12.0. The number of hydrogen-bond acceptors (Lipinski definition) is 4. The van der Waals surface area contributed by atoms with Crippen LogP contribution < -0.4 is 20.1 Å². The van der Waals surface area contributed by atoms with Gasteiger partial charge in [-0.25, -0.2) is 0 Å². The molecule has 2 aromatic carbocycles. The maximum absolute atomic E-state index is 12.0. The van der Waals surface area contributed by atoms with Gasteiger partial charge >= 0.3 is 0 Å². The number of carbonyl (C=O) groups excluding carboxylic acids is 1. The predicted octanol–water partition coefficient (Wildman–Crippen LogP) is 3.65. The summed E-state index contributed by atoms with van der Waals surface area (Å²) in [6.45, 7) is 5.31. The fourth-order valence-corrected chi connectivity index (χ4v) is 2.75. The Labute approximate surface area is 163 Å². The third-order valence-corrected chi connectivity index (χ3v) is 4.46. The van der Waals surface area contributed by atoms with Gasteiger partial charge in [0, 0.05) is 23.6 Å².